The maximum absolute atomic E-state index is 12.9. The van der Waals surface area contributed by atoms with Gasteiger partial charge < -0.3 is 16.0 Å². The number of primary amides is 1. The molecule has 1 heterocycles. The van der Waals surface area contributed by atoms with E-state index in [0.29, 0.717) is 13.1 Å². The fourth-order valence-electron chi connectivity index (χ4n) is 3.13. The summed E-state index contributed by atoms with van der Waals surface area (Å²) in [5.74, 6) is -1.31. The Labute approximate surface area is 158 Å². The first-order chi connectivity index (χ1) is 12.9. The number of piperidine rings is 1. The average Bonchev–Trinajstić information content (AvgIpc) is 2.65. The van der Waals surface area contributed by atoms with Gasteiger partial charge in [0, 0.05) is 19.6 Å². The average molecular weight is 378 g/mol. The van der Waals surface area contributed by atoms with E-state index >= 15 is 0 Å². The zero-order chi connectivity index (χ0) is 19.8. The van der Waals surface area contributed by atoms with E-state index in [-0.39, 0.29) is 49.1 Å². The van der Waals surface area contributed by atoms with Gasteiger partial charge in [0.2, 0.25) is 17.7 Å². The van der Waals surface area contributed by atoms with E-state index in [1.165, 1.54) is 17.0 Å². The molecule has 0 aliphatic carbocycles. The maximum atomic E-state index is 12.9. The number of carbonyl (C=O) groups is 3. The molecule has 148 valence electrons. The van der Waals surface area contributed by atoms with Crippen molar-refractivity contribution in [2.75, 3.05) is 32.7 Å². The Hall–Kier alpha value is -2.48. The summed E-state index contributed by atoms with van der Waals surface area (Å²) >= 11 is 0. The van der Waals surface area contributed by atoms with Crippen molar-refractivity contribution in [1.29, 1.82) is 0 Å². The van der Waals surface area contributed by atoms with Gasteiger partial charge in [-0.15, -0.1) is 0 Å². The van der Waals surface area contributed by atoms with Gasteiger partial charge in [0.15, 0.2) is 0 Å². The molecular formula is C19H27FN4O3. The topological polar surface area (TPSA) is 95.7 Å². The highest BCUT2D eigenvalue weighted by atomic mass is 19.1. The summed E-state index contributed by atoms with van der Waals surface area (Å²) in [6.07, 6.45) is 1.58. The summed E-state index contributed by atoms with van der Waals surface area (Å²) in [4.78, 5) is 39.4. The van der Waals surface area contributed by atoms with E-state index in [2.05, 4.69) is 5.32 Å². The van der Waals surface area contributed by atoms with Gasteiger partial charge >= 0.3 is 0 Å². The molecule has 8 heteroatoms. The number of benzene rings is 1. The van der Waals surface area contributed by atoms with Gasteiger partial charge in [-0.05, 0) is 44.0 Å². The van der Waals surface area contributed by atoms with Crippen molar-refractivity contribution < 1.29 is 18.8 Å². The Morgan fingerprint density at radius 2 is 2.00 bits per heavy atom. The second kappa shape index (κ2) is 10.0. The van der Waals surface area contributed by atoms with Crippen LogP contribution in [0.5, 0.6) is 0 Å². The minimum atomic E-state index is -0.334. The minimum Gasteiger partial charge on any atom is -0.369 e. The smallest absolute Gasteiger partial charge is 0.239 e. The molecule has 0 radical (unpaired) electrons. The van der Waals surface area contributed by atoms with Crippen LogP contribution in [0.1, 0.15) is 25.3 Å². The van der Waals surface area contributed by atoms with Gasteiger partial charge in [0.1, 0.15) is 5.82 Å². The van der Waals surface area contributed by atoms with Crippen molar-refractivity contribution in [3.8, 4) is 0 Å². The van der Waals surface area contributed by atoms with Crippen LogP contribution in [-0.2, 0) is 20.9 Å². The maximum Gasteiger partial charge on any atom is 0.239 e. The number of hydrogen-bond donors (Lipinski definition) is 2. The number of hydrogen-bond acceptors (Lipinski definition) is 4. The largest absolute Gasteiger partial charge is 0.369 e. The lowest BCUT2D eigenvalue weighted by Crippen LogP contribution is -2.48. The first-order valence-electron chi connectivity index (χ1n) is 9.19. The fraction of sp³-hybridized carbons (Fsp3) is 0.526. The summed E-state index contributed by atoms with van der Waals surface area (Å²) < 4.78 is 12.9. The molecule has 1 fully saturated rings. The van der Waals surface area contributed by atoms with Crippen LogP contribution in [-0.4, -0.2) is 60.2 Å². The van der Waals surface area contributed by atoms with E-state index in [1.54, 1.807) is 12.1 Å². The lowest BCUT2D eigenvalue weighted by molar-refractivity contribution is -0.137. The third-order valence-electron chi connectivity index (χ3n) is 4.74. The van der Waals surface area contributed by atoms with Crippen LogP contribution in [0.2, 0.25) is 0 Å². The number of carbonyl (C=O) groups excluding carboxylic acids is 3. The van der Waals surface area contributed by atoms with Crippen molar-refractivity contribution >= 4 is 17.7 Å². The predicted molar refractivity (Wildman–Crippen MR) is 98.9 cm³/mol. The van der Waals surface area contributed by atoms with Crippen LogP contribution in [0.15, 0.2) is 24.3 Å². The molecule has 0 unspecified atom stereocenters. The second-order valence-corrected chi connectivity index (χ2v) is 6.79. The van der Waals surface area contributed by atoms with Crippen molar-refractivity contribution in [1.82, 2.24) is 15.1 Å². The van der Waals surface area contributed by atoms with E-state index < -0.39 is 0 Å². The Morgan fingerprint density at radius 1 is 1.30 bits per heavy atom. The molecule has 0 bridgehead atoms. The molecule has 2 rings (SSSR count). The molecule has 0 aromatic heterocycles. The number of likely N-dealkylation sites (N-methyl/N-ethyl adjacent to an activating group) is 1. The molecule has 1 aromatic rings. The highest BCUT2D eigenvalue weighted by Crippen LogP contribution is 2.15. The molecule has 1 saturated heterocycles. The van der Waals surface area contributed by atoms with E-state index in [9.17, 15) is 18.8 Å². The summed E-state index contributed by atoms with van der Waals surface area (Å²) in [7, 11) is 0. The Morgan fingerprint density at radius 3 is 2.63 bits per heavy atom. The summed E-state index contributed by atoms with van der Waals surface area (Å²) in [6, 6.07) is 5.87. The Kier molecular flexibility index (Phi) is 7.72. The van der Waals surface area contributed by atoms with Crippen molar-refractivity contribution in [3.63, 3.8) is 0 Å². The molecule has 3 N–H and O–H groups in total. The van der Waals surface area contributed by atoms with Gasteiger partial charge in [-0.2, -0.15) is 0 Å². The molecule has 1 aliphatic heterocycles. The number of amides is 3. The molecule has 1 aliphatic rings. The van der Waals surface area contributed by atoms with Crippen molar-refractivity contribution in [2.45, 2.75) is 26.3 Å². The molecule has 3 amide bonds. The van der Waals surface area contributed by atoms with Crippen LogP contribution >= 0.6 is 0 Å². The lowest BCUT2D eigenvalue weighted by Gasteiger charge is -2.32. The van der Waals surface area contributed by atoms with Gasteiger partial charge in [-0.3, -0.25) is 19.3 Å². The minimum absolute atomic E-state index is 0.0381. The number of halogens is 1. The van der Waals surface area contributed by atoms with Crippen LogP contribution in [0, 0.1) is 11.7 Å². The number of rotatable bonds is 8. The first-order valence-corrected chi connectivity index (χ1v) is 9.19. The Bertz CT molecular complexity index is 665. The van der Waals surface area contributed by atoms with Crippen LogP contribution in [0.25, 0.3) is 0 Å². The second-order valence-electron chi connectivity index (χ2n) is 6.79. The molecule has 27 heavy (non-hydrogen) atoms. The Balaban J connectivity index is 1.80. The van der Waals surface area contributed by atoms with E-state index in [1.807, 2.05) is 11.8 Å². The highest BCUT2D eigenvalue weighted by Gasteiger charge is 2.26. The zero-order valence-corrected chi connectivity index (χ0v) is 15.6. The van der Waals surface area contributed by atoms with E-state index in [0.717, 1.165) is 24.9 Å². The summed E-state index contributed by atoms with van der Waals surface area (Å²) in [6.45, 7) is 3.85. The lowest BCUT2D eigenvalue weighted by atomic mass is 9.97. The summed E-state index contributed by atoms with van der Waals surface area (Å²) in [5.41, 5.74) is 6.15. The number of nitrogens with zero attached hydrogens (tertiary/aromatic N) is 2. The van der Waals surface area contributed by atoms with Gasteiger partial charge in [-0.1, -0.05) is 12.1 Å². The van der Waals surface area contributed by atoms with Gasteiger partial charge in [-0.25, -0.2) is 4.39 Å². The fourth-order valence-corrected chi connectivity index (χ4v) is 3.13. The predicted octanol–water partition coefficient (Wildman–Crippen LogP) is 0.488. The normalized spacial score (nSPS) is 17.3. The SMILES string of the molecule is CCN(CC(=O)NCc1ccc(F)cc1)C(=O)CN1CCC[C@H](C(N)=O)C1. The molecule has 0 spiro atoms. The highest BCUT2D eigenvalue weighted by molar-refractivity contribution is 5.85. The number of nitrogens with one attached hydrogen (secondary N) is 1. The zero-order valence-electron chi connectivity index (χ0n) is 15.6. The van der Waals surface area contributed by atoms with Crippen LogP contribution in [0.4, 0.5) is 4.39 Å². The molecular weight excluding hydrogens is 351 g/mol. The quantitative estimate of drug-likeness (QED) is 0.688. The van der Waals surface area contributed by atoms with Gasteiger partial charge in [0.05, 0.1) is 19.0 Å². The molecule has 1 atom stereocenters. The third kappa shape index (κ3) is 6.63. The third-order valence-corrected chi connectivity index (χ3v) is 4.74. The van der Waals surface area contributed by atoms with Crippen LogP contribution in [0.3, 0.4) is 0 Å². The van der Waals surface area contributed by atoms with Crippen LogP contribution < -0.4 is 11.1 Å². The van der Waals surface area contributed by atoms with E-state index in [4.69, 9.17) is 5.73 Å². The number of nitrogens with two attached hydrogens (primary N) is 1. The molecule has 0 saturated carbocycles. The number of likely N-dealkylation sites (tertiary alicyclic amines) is 1. The monoisotopic (exact) mass is 378 g/mol. The van der Waals surface area contributed by atoms with Crippen molar-refractivity contribution in [3.05, 3.63) is 35.6 Å². The standard InChI is InChI=1S/C19H27FN4O3/c1-2-24(12-17(25)22-10-14-5-7-16(20)8-6-14)18(26)13-23-9-3-4-15(11-23)19(21)27/h5-8,15H,2-4,9-13H2,1H3,(H2,21,27)(H,22,25)/t15-/m0/s1. The molecule has 1 aromatic carbocycles. The molecule has 7 nitrogen and oxygen atoms in total. The van der Waals surface area contributed by atoms with Crippen molar-refractivity contribution in [2.24, 2.45) is 11.7 Å². The first kappa shape index (κ1) is 20.8. The summed E-state index contributed by atoms with van der Waals surface area (Å²) in [5, 5.41) is 2.73. The van der Waals surface area contributed by atoms with Gasteiger partial charge in [0.25, 0.3) is 0 Å².